The summed E-state index contributed by atoms with van der Waals surface area (Å²) in [4.78, 5) is 36.0. The highest BCUT2D eigenvalue weighted by Crippen LogP contribution is 2.43. The van der Waals surface area contributed by atoms with Crippen molar-refractivity contribution in [3.8, 4) is 11.5 Å². The SMILES string of the molecule is COc1cc(OC)c(/C(O)=C2\C(=O)C(=O)N(Cc3ccccn3)C2c2cccnc2)cc1Cl. The van der Waals surface area contributed by atoms with Crippen LogP contribution in [0.4, 0.5) is 0 Å². The van der Waals surface area contributed by atoms with Gasteiger partial charge in [-0.2, -0.15) is 0 Å². The van der Waals surface area contributed by atoms with E-state index in [9.17, 15) is 14.7 Å². The minimum Gasteiger partial charge on any atom is -0.507 e. The second kappa shape index (κ2) is 9.30. The molecule has 1 aromatic carbocycles. The fraction of sp³-hybridized carbons (Fsp3) is 0.167. The standard InChI is InChI=1S/C24H20ClN3O5/c1-32-18-11-19(33-2)17(25)10-16(18)22(29)20-21(14-6-5-8-26-12-14)28(24(31)23(20)30)13-15-7-3-4-9-27-15/h3-12,21,29H,13H2,1-2H3/b22-20+. The number of methoxy groups -OCH3 is 2. The molecule has 0 aliphatic carbocycles. The van der Waals surface area contributed by atoms with Crippen LogP contribution >= 0.6 is 11.6 Å². The van der Waals surface area contributed by atoms with Crippen LogP contribution in [0.25, 0.3) is 5.76 Å². The number of carbonyl (C=O) groups is 2. The van der Waals surface area contributed by atoms with Crippen LogP contribution in [0.15, 0.2) is 66.6 Å². The first kappa shape index (κ1) is 22.3. The summed E-state index contributed by atoms with van der Waals surface area (Å²) in [5.74, 6) is -1.42. The predicted octanol–water partition coefficient (Wildman–Crippen LogP) is 3.77. The Labute approximate surface area is 195 Å². The number of ether oxygens (including phenoxy) is 2. The van der Waals surface area contributed by atoms with Crippen LogP contribution in [0.3, 0.4) is 0 Å². The van der Waals surface area contributed by atoms with Crippen molar-refractivity contribution < 1.29 is 24.2 Å². The largest absolute Gasteiger partial charge is 0.507 e. The number of ketones is 1. The van der Waals surface area contributed by atoms with Crippen LogP contribution < -0.4 is 9.47 Å². The van der Waals surface area contributed by atoms with E-state index >= 15 is 0 Å². The molecule has 1 saturated heterocycles. The van der Waals surface area contributed by atoms with E-state index in [1.807, 2.05) is 0 Å². The Morgan fingerprint density at radius 3 is 2.52 bits per heavy atom. The van der Waals surface area contributed by atoms with E-state index in [0.717, 1.165) is 0 Å². The van der Waals surface area contributed by atoms with Crippen LogP contribution in [0.1, 0.15) is 22.9 Å². The number of nitrogens with zero attached hydrogens (tertiary/aromatic N) is 3. The number of aliphatic hydroxyl groups excluding tert-OH is 1. The molecule has 1 atom stereocenters. The third-order valence-corrected chi connectivity index (χ3v) is 5.62. The van der Waals surface area contributed by atoms with Gasteiger partial charge in [0, 0.05) is 24.7 Å². The summed E-state index contributed by atoms with van der Waals surface area (Å²) in [7, 11) is 2.86. The van der Waals surface area contributed by atoms with E-state index in [2.05, 4.69) is 9.97 Å². The van der Waals surface area contributed by atoms with Gasteiger partial charge in [0.2, 0.25) is 0 Å². The lowest BCUT2D eigenvalue weighted by molar-refractivity contribution is -0.140. The smallest absolute Gasteiger partial charge is 0.296 e. The van der Waals surface area contributed by atoms with Gasteiger partial charge in [0.25, 0.3) is 11.7 Å². The molecule has 33 heavy (non-hydrogen) atoms. The van der Waals surface area contributed by atoms with Crippen molar-refractivity contribution in [1.29, 1.82) is 0 Å². The summed E-state index contributed by atoms with van der Waals surface area (Å²) in [6.45, 7) is 0.0717. The minimum absolute atomic E-state index is 0.0717. The molecule has 1 amide bonds. The second-order valence-electron chi connectivity index (χ2n) is 7.22. The number of likely N-dealkylation sites (tertiary alicyclic amines) is 1. The summed E-state index contributed by atoms with van der Waals surface area (Å²) in [5.41, 5.74) is 1.22. The Bertz CT molecular complexity index is 1230. The lowest BCUT2D eigenvalue weighted by atomic mass is 9.96. The molecule has 168 valence electrons. The quantitative estimate of drug-likeness (QED) is 0.336. The van der Waals surface area contributed by atoms with Crippen molar-refractivity contribution in [3.05, 3.63) is 88.5 Å². The fourth-order valence-electron chi connectivity index (χ4n) is 3.78. The topological polar surface area (TPSA) is 102 Å². The maximum Gasteiger partial charge on any atom is 0.296 e. The molecule has 3 heterocycles. The number of halogens is 1. The lowest BCUT2D eigenvalue weighted by Gasteiger charge is -2.25. The zero-order valence-electron chi connectivity index (χ0n) is 17.9. The molecular weight excluding hydrogens is 446 g/mol. The first-order chi connectivity index (χ1) is 16.0. The molecule has 9 heteroatoms. The number of carbonyl (C=O) groups excluding carboxylic acids is 2. The van der Waals surface area contributed by atoms with E-state index in [4.69, 9.17) is 21.1 Å². The number of aromatic nitrogens is 2. The highest BCUT2D eigenvalue weighted by molar-refractivity contribution is 6.46. The first-order valence-electron chi connectivity index (χ1n) is 9.96. The maximum atomic E-state index is 13.2. The van der Waals surface area contributed by atoms with Gasteiger partial charge in [-0.15, -0.1) is 0 Å². The monoisotopic (exact) mass is 465 g/mol. The zero-order valence-corrected chi connectivity index (χ0v) is 18.6. The molecule has 2 aromatic heterocycles. The van der Waals surface area contributed by atoms with E-state index in [0.29, 0.717) is 17.0 Å². The van der Waals surface area contributed by atoms with Crippen LogP contribution in [0, 0.1) is 0 Å². The highest BCUT2D eigenvalue weighted by Gasteiger charge is 2.46. The number of pyridine rings is 2. The van der Waals surface area contributed by atoms with Gasteiger partial charge in [0.15, 0.2) is 0 Å². The van der Waals surface area contributed by atoms with E-state index in [1.165, 1.54) is 31.3 Å². The Morgan fingerprint density at radius 2 is 1.88 bits per heavy atom. The summed E-state index contributed by atoms with van der Waals surface area (Å²) in [6, 6.07) is 10.8. The van der Waals surface area contributed by atoms with Crippen molar-refractivity contribution in [2.75, 3.05) is 14.2 Å². The maximum absolute atomic E-state index is 13.2. The van der Waals surface area contributed by atoms with Crippen LogP contribution in [0.2, 0.25) is 5.02 Å². The van der Waals surface area contributed by atoms with Crippen molar-refractivity contribution in [3.63, 3.8) is 0 Å². The van der Waals surface area contributed by atoms with E-state index in [1.54, 1.807) is 48.9 Å². The second-order valence-corrected chi connectivity index (χ2v) is 7.63. The molecule has 1 N–H and O–H groups in total. The number of rotatable bonds is 6. The van der Waals surface area contributed by atoms with E-state index < -0.39 is 23.5 Å². The number of hydrogen-bond acceptors (Lipinski definition) is 7. The van der Waals surface area contributed by atoms with E-state index in [-0.39, 0.29) is 28.5 Å². The fourth-order valence-corrected chi connectivity index (χ4v) is 4.02. The molecule has 1 aliphatic rings. The number of aliphatic hydroxyl groups is 1. The molecule has 0 bridgehead atoms. The Hall–Kier alpha value is -3.91. The minimum atomic E-state index is -0.883. The Kier molecular flexibility index (Phi) is 6.28. The summed E-state index contributed by atoms with van der Waals surface area (Å²) >= 11 is 6.27. The predicted molar refractivity (Wildman–Crippen MR) is 121 cm³/mol. The molecule has 1 unspecified atom stereocenters. The van der Waals surface area contributed by atoms with Gasteiger partial charge in [-0.3, -0.25) is 19.6 Å². The van der Waals surface area contributed by atoms with Crippen molar-refractivity contribution in [1.82, 2.24) is 14.9 Å². The first-order valence-corrected chi connectivity index (χ1v) is 10.3. The van der Waals surface area contributed by atoms with Crippen LogP contribution in [0.5, 0.6) is 11.5 Å². The number of amides is 1. The van der Waals surface area contributed by atoms with Crippen molar-refractivity contribution >= 4 is 29.1 Å². The van der Waals surface area contributed by atoms with Crippen LogP contribution in [-0.4, -0.2) is 45.9 Å². The Morgan fingerprint density at radius 1 is 1.09 bits per heavy atom. The average Bonchev–Trinajstić information content (AvgIpc) is 3.09. The van der Waals surface area contributed by atoms with Gasteiger partial charge in [0.1, 0.15) is 17.3 Å². The number of Topliss-reactive ketones (excluding diaryl/α,β-unsaturated/α-hetero) is 1. The summed E-state index contributed by atoms with van der Waals surface area (Å²) in [6.07, 6.45) is 4.74. The van der Waals surface area contributed by atoms with Gasteiger partial charge in [-0.25, -0.2) is 0 Å². The lowest BCUT2D eigenvalue weighted by Crippen LogP contribution is -2.29. The summed E-state index contributed by atoms with van der Waals surface area (Å²) < 4.78 is 10.6. The molecule has 1 aliphatic heterocycles. The molecule has 8 nitrogen and oxygen atoms in total. The third-order valence-electron chi connectivity index (χ3n) is 5.33. The summed E-state index contributed by atoms with van der Waals surface area (Å²) in [5, 5.41) is 11.5. The number of benzene rings is 1. The normalized spacial score (nSPS) is 17.3. The molecule has 3 aromatic rings. The van der Waals surface area contributed by atoms with Gasteiger partial charge in [-0.05, 0) is 29.8 Å². The van der Waals surface area contributed by atoms with Crippen LogP contribution in [-0.2, 0) is 16.1 Å². The molecular formula is C24H20ClN3O5. The Balaban J connectivity index is 1.90. The van der Waals surface area contributed by atoms with Gasteiger partial charge in [-0.1, -0.05) is 23.7 Å². The molecule has 1 fully saturated rings. The van der Waals surface area contributed by atoms with Crippen molar-refractivity contribution in [2.45, 2.75) is 12.6 Å². The van der Waals surface area contributed by atoms with Gasteiger partial charge in [0.05, 0.1) is 48.7 Å². The highest BCUT2D eigenvalue weighted by atomic mass is 35.5. The third kappa shape index (κ3) is 4.12. The molecule has 0 spiro atoms. The van der Waals surface area contributed by atoms with Crippen molar-refractivity contribution in [2.24, 2.45) is 0 Å². The van der Waals surface area contributed by atoms with Gasteiger partial charge >= 0.3 is 0 Å². The molecule has 4 rings (SSSR count). The number of hydrogen-bond donors (Lipinski definition) is 1. The zero-order chi connectivity index (χ0) is 23.5. The average molecular weight is 466 g/mol. The molecule has 0 saturated carbocycles. The van der Waals surface area contributed by atoms with Gasteiger partial charge < -0.3 is 19.5 Å². The molecule has 0 radical (unpaired) electrons.